The maximum atomic E-state index is 12.5. The van der Waals surface area contributed by atoms with Crippen molar-refractivity contribution in [1.82, 2.24) is 14.4 Å². The van der Waals surface area contributed by atoms with E-state index in [1.807, 2.05) is 52.6 Å². The molecule has 0 radical (unpaired) electrons. The number of thioether (sulfide) groups is 1. The van der Waals surface area contributed by atoms with Crippen molar-refractivity contribution in [3.63, 3.8) is 0 Å². The summed E-state index contributed by atoms with van der Waals surface area (Å²) in [5.74, 6) is 0.801. The van der Waals surface area contributed by atoms with Crippen molar-refractivity contribution in [3.05, 3.63) is 30.5 Å². The van der Waals surface area contributed by atoms with Gasteiger partial charge in [-0.05, 0) is 39.2 Å². The second-order valence-corrected chi connectivity index (χ2v) is 7.95. The van der Waals surface area contributed by atoms with Gasteiger partial charge in [0.1, 0.15) is 6.54 Å². The number of carbonyl (C=O) groups is 2. The molecule has 0 aliphatic carbocycles. The Labute approximate surface area is 165 Å². The summed E-state index contributed by atoms with van der Waals surface area (Å²) in [6.45, 7) is 7.56. The van der Waals surface area contributed by atoms with Crippen LogP contribution in [0.4, 0.5) is 0 Å². The quantitative estimate of drug-likeness (QED) is 0.682. The summed E-state index contributed by atoms with van der Waals surface area (Å²) in [6.07, 6.45) is 5.48. The number of nitrogens with zero attached hydrogens (tertiary/aromatic N) is 3. The highest BCUT2D eigenvalue weighted by atomic mass is 32.2. The number of likely N-dealkylation sites (N-methyl/N-ethyl adjacent to an activating group) is 1. The third kappa shape index (κ3) is 4.67. The van der Waals surface area contributed by atoms with Crippen molar-refractivity contribution in [3.8, 4) is 0 Å². The Bertz CT molecular complexity index is 792. The number of hydrogen-bond acceptors (Lipinski definition) is 3. The number of aromatic nitrogens is 1. The fourth-order valence-electron chi connectivity index (χ4n) is 3.66. The molecule has 1 aliphatic rings. The Balaban J connectivity index is 1.74. The lowest BCUT2D eigenvalue weighted by Crippen LogP contribution is -2.36. The molecule has 1 aromatic carbocycles. The first-order valence-electron chi connectivity index (χ1n) is 9.90. The maximum absolute atomic E-state index is 12.5. The molecule has 3 rings (SSSR count). The largest absolute Gasteiger partial charge is 0.342 e. The van der Waals surface area contributed by atoms with Crippen molar-refractivity contribution >= 4 is 34.5 Å². The van der Waals surface area contributed by atoms with Crippen LogP contribution in [0, 0.1) is 0 Å². The molecule has 0 spiro atoms. The topological polar surface area (TPSA) is 45.6 Å². The van der Waals surface area contributed by atoms with Crippen LogP contribution < -0.4 is 0 Å². The van der Waals surface area contributed by atoms with Gasteiger partial charge in [0, 0.05) is 48.2 Å². The zero-order valence-corrected chi connectivity index (χ0v) is 17.1. The van der Waals surface area contributed by atoms with E-state index in [2.05, 4.69) is 6.07 Å². The van der Waals surface area contributed by atoms with Gasteiger partial charge in [0.05, 0.1) is 5.75 Å². The van der Waals surface area contributed by atoms with Gasteiger partial charge in [0.25, 0.3) is 0 Å². The Morgan fingerprint density at radius 1 is 1.07 bits per heavy atom. The zero-order valence-electron chi connectivity index (χ0n) is 16.3. The first kappa shape index (κ1) is 19.8. The third-order valence-corrected chi connectivity index (χ3v) is 6.26. The molecule has 0 saturated carbocycles. The van der Waals surface area contributed by atoms with Crippen molar-refractivity contribution in [2.45, 2.75) is 44.6 Å². The highest BCUT2D eigenvalue weighted by Crippen LogP contribution is 2.30. The van der Waals surface area contributed by atoms with E-state index in [9.17, 15) is 9.59 Å². The van der Waals surface area contributed by atoms with Crippen LogP contribution in [0.2, 0.25) is 0 Å². The fraction of sp³-hybridized carbons (Fsp3) is 0.524. The van der Waals surface area contributed by atoms with Crippen LogP contribution in [-0.4, -0.2) is 58.1 Å². The van der Waals surface area contributed by atoms with Crippen LogP contribution in [0.1, 0.15) is 33.1 Å². The number of para-hydroxylation sites is 1. The molecule has 5 nitrogen and oxygen atoms in total. The van der Waals surface area contributed by atoms with Crippen molar-refractivity contribution in [2.24, 2.45) is 0 Å². The fourth-order valence-corrected chi connectivity index (χ4v) is 4.65. The van der Waals surface area contributed by atoms with Gasteiger partial charge in [0.2, 0.25) is 11.8 Å². The van der Waals surface area contributed by atoms with E-state index in [1.165, 1.54) is 6.42 Å². The highest BCUT2D eigenvalue weighted by Gasteiger charge is 2.18. The third-order valence-electron chi connectivity index (χ3n) is 5.23. The average molecular weight is 388 g/mol. The summed E-state index contributed by atoms with van der Waals surface area (Å²) in [4.78, 5) is 29.9. The summed E-state index contributed by atoms with van der Waals surface area (Å²) >= 11 is 1.58. The van der Waals surface area contributed by atoms with Gasteiger partial charge in [-0.25, -0.2) is 0 Å². The predicted octanol–water partition coefficient (Wildman–Crippen LogP) is 3.61. The van der Waals surface area contributed by atoms with Crippen LogP contribution in [0.15, 0.2) is 35.4 Å². The molecule has 1 aliphatic heterocycles. The Kier molecular flexibility index (Phi) is 6.83. The Morgan fingerprint density at radius 3 is 2.48 bits per heavy atom. The van der Waals surface area contributed by atoms with Crippen molar-refractivity contribution in [2.75, 3.05) is 31.9 Å². The van der Waals surface area contributed by atoms with E-state index in [0.717, 1.165) is 54.8 Å². The van der Waals surface area contributed by atoms with Gasteiger partial charge >= 0.3 is 0 Å². The molecule has 2 amide bonds. The Morgan fingerprint density at radius 2 is 1.78 bits per heavy atom. The van der Waals surface area contributed by atoms with Crippen LogP contribution in [0.25, 0.3) is 10.9 Å². The first-order valence-corrected chi connectivity index (χ1v) is 10.9. The molecule has 2 aromatic rings. The van der Waals surface area contributed by atoms with Gasteiger partial charge in [-0.15, -0.1) is 11.8 Å². The summed E-state index contributed by atoms with van der Waals surface area (Å²) in [6, 6.07) is 8.12. The monoisotopic (exact) mass is 387 g/mol. The molecule has 1 saturated heterocycles. The minimum absolute atomic E-state index is 0.127. The number of piperidine rings is 1. The zero-order chi connectivity index (χ0) is 19.2. The normalized spacial score (nSPS) is 14.5. The Hall–Kier alpha value is -1.95. The molecular formula is C21H29N3O2S. The highest BCUT2D eigenvalue weighted by molar-refractivity contribution is 8.00. The lowest BCUT2D eigenvalue weighted by atomic mass is 10.1. The molecule has 146 valence electrons. The first-order chi connectivity index (χ1) is 13.1. The van der Waals surface area contributed by atoms with Crippen molar-refractivity contribution in [1.29, 1.82) is 0 Å². The van der Waals surface area contributed by atoms with E-state index in [0.29, 0.717) is 12.3 Å². The van der Waals surface area contributed by atoms with E-state index >= 15 is 0 Å². The average Bonchev–Trinajstić information content (AvgIpc) is 3.05. The summed E-state index contributed by atoms with van der Waals surface area (Å²) in [5.41, 5.74) is 1.05. The number of hydrogen-bond donors (Lipinski definition) is 0. The van der Waals surface area contributed by atoms with Gasteiger partial charge < -0.3 is 14.4 Å². The predicted molar refractivity (Wildman–Crippen MR) is 111 cm³/mol. The van der Waals surface area contributed by atoms with E-state index < -0.39 is 0 Å². The van der Waals surface area contributed by atoms with Crippen molar-refractivity contribution < 1.29 is 9.59 Å². The molecule has 2 heterocycles. The smallest absolute Gasteiger partial charge is 0.242 e. The number of fused-ring (bicyclic) bond motifs is 1. The summed E-state index contributed by atoms with van der Waals surface area (Å²) in [5, 5.41) is 1.11. The standard InChI is InChI=1S/C21H29N3O2S/c1-3-22(4-2)20(25)15-24-14-19(17-10-6-7-11-18(17)24)27-16-21(26)23-12-8-5-9-13-23/h6-7,10-11,14H,3-5,8-9,12-13,15-16H2,1-2H3. The van der Waals surface area contributed by atoms with Crippen LogP contribution >= 0.6 is 11.8 Å². The van der Waals surface area contributed by atoms with Gasteiger partial charge in [0.15, 0.2) is 0 Å². The minimum atomic E-state index is 0.127. The summed E-state index contributed by atoms with van der Waals surface area (Å²) in [7, 11) is 0. The summed E-state index contributed by atoms with van der Waals surface area (Å²) < 4.78 is 2.02. The second-order valence-electron chi connectivity index (χ2n) is 6.93. The maximum Gasteiger partial charge on any atom is 0.242 e. The minimum Gasteiger partial charge on any atom is -0.342 e. The molecule has 0 atom stereocenters. The lowest BCUT2D eigenvalue weighted by Gasteiger charge is -2.26. The molecule has 6 heteroatoms. The molecular weight excluding hydrogens is 358 g/mol. The van der Waals surface area contributed by atoms with E-state index in [-0.39, 0.29) is 11.8 Å². The van der Waals surface area contributed by atoms with Gasteiger partial charge in [-0.2, -0.15) is 0 Å². The molecule has 0 N–H and O–H groups in total. The van der Waals surface area contributed by atoms with E-state index in [1.54, 1.807) is 11.8 Å². The second kappa shape index (κ2) is 9.31. The number of carbonyl (C=O) groups excluding carboxylic acids is 2. The van der Waals surface area contributed by atoms with Crippen LogP contribution in [0.5, 0.6) is 0 Å². The molecule has 1 aromatic heterocycles. The lowest BCUT2D eigenvalue weighted by molar-refractivity contribution is -0.131. The molecule has 0 unspecified atom stereocenters. The number of rotatable bonds is 7. The van der Waals surface area contributed by atoms with Crippen LogP contribution in [0.3, 0.4) is 0 Å². The number of amides is 2. The van der Waals surface area contributed by atoms with Gasteiger partial charge in [-0.3, -0.25) is 9.59 Å². The number of benzene rings is 1. The molecule has 0 bridgehead atoms. The number of likely N-dealkylation sites (tertiary alicyclic amines) is 1. The molecule has 27 heavy (non-hydrogen) atoms. The van der Waals surface area contributed by atoms with E-state index in [4.69, 9.17) is 0 Å². The molecule has 1 fully saturated rings. The SMILES string of the molecule is CCN(CC)C(=O)Cn1cc(SCC(=O)N2CCCCC2)c2ccccc21. The van der Waals surface area contributed by atoms with Crippen LogP contribution in [-0.2, 0) is 16.1 Å². The van der Waals surface area contributed by atoms with Gasteiger partial charge in [-0.1, -0.05) is 18.2 Å².